The summed E-state index contributed by atoms with van der Waals surface area (Å²) in [6.45, 7) is 4.72. The Morgan fingerprint density at radius 2 is 1.76 bits per heavy atom. The summed E-state index contributed by atoms with van der Waals surface area (Å²) in [5.74, 6) is -0.0734. The van der Waals surface area contributed by atoms with Crippen molar-refractivity contribution in [2.45, 2.75) is 46.0 Å². The molecule has 2 heterocycles. The molecular weight excluding hydrogens is 410 g/mol. The average molecular weight is 440 g/mol. The highest BCUT2D eigenvalue weighted by atomic mass is 16.1. The number of carbonyl (C=O) groups excluding carboxylic acids is 1. The summed E-state index contributed by atoms with van der Waals surface area (Å²) in [7, 11) is 0. The maximum absolute atomic E-state index is 13.0. The van der Waals surface area contributed by atoms with E-state index in [0.717, 1.165) is 54.7 Å². The van der Waals surface area contributed by atoms with Crippen molar-refractivity contribution in [3.8, 4) is 11.4 Å². The Morgan fingerprint density at radius 1 is 0.970 bits per heavy atom. The van der Waals surface area contributed by atoms with Gasteiger partial charge in [0.25, 0.3) is 5.91 Å². The molecule has 6 heteroatoms. The van der Waals surface area contributed by atoms with Gasteiger partial charge in [-0.1, -0.05) is 35.9 Å². The van der Waals surface area contributed by atoms with Gasteiger partial charge in [0.2, 0.25) is 0 Å². The van der Waals surface area contributed by atoms with E-state index >= 15 is 0 Å². The molecule has 168 valence electrons. The lowest BCUT2D eigenvalue weighted by atomic mass is 10.1. The molecular formula is C27H29N5O. The van der Waals surface area contributed by atoms with Gasteiger partial charge >= 0.3 is 0 Å². The van der Waals surface area contributed by atoms with E-state index < -0.39 is 0 Å². The molecule has 0 fully saturated rings. The van der Waals surface area contributed by atoms with Crippen molar-refractivity contribution in [2.75, 3.05) is 6.54 Å². The monoisotopic (exact) mass is 439 g/mol. The van der Waals surface area contributed by atoms with Crippen LogP contribution in [0.5, 0.6) is 0 Å². The van der Waals surface area contributed by atoms with Gasteiger partial charge in [-0.15, -0.1) is 0 Å². The zero-order valence-corrected chi connectivity index (χ0v) is 19.2. The Bertz CT molecular complexity index is 1270. The minimum Gasteiger partial charge on any atom is -0.351 e. The first kappa shape index (κ1) is 21.2. The number of fused-ring (bicyclic) bond motifs is 1. The number of rotatable bonds is 7. The molecule has 2 aromatic carbocycles. The SMILES string of the molecule is Cc1ccc(-n2nc(C(=O)NCCCc3cn(-c4ccccc4)nc3C)c3c2CCC3)cc1. The number of hydrogen-bond donors (Lipinski definition) is 1. The van der Waals surface area contributed by atoms with E-state index in [0.29, 0.717) is 12.2 Å². The summed E-state index contributed by atoms with van der Waals surface area (Å²) < 4.78 is 3.88. The molecule has 6 nitrogen and oxygen atoms in total. The second kappa shape index (κ2) is 9.06. The number of para-hydroxylation sites is 1. The van der Waals surface area contributed by atoms with Crippen molar-refractivity contribution in [3.63, 3.8) is 0 Å². The van der Waals surface area contributed by atoms with Gasteiger partial charge in [0.15, 0.2) is 5.69 Å². The number of nitrogens with one attached hydrogen (secondary N) is 1. The number of benzene rings is 2. The molecule has 0 aliphatic heterocycles. The zero-order valence-electron chi connectivity index (χ0n) is 19.2. The molecule has 1 N–H and O–H groups in total. The van der Waals surface area contributed by atoms with E-state index in [1.54, 1.807) is 0 Å². The molecule has 1 aliphatic carbocycles. The molecule has 33 heavy (non-hydrogen) atoms. The first-order valence-electron chi connectivity index (χ1n) is 11.7. The van der Waals surface area contributed by atoms with E-state index in [9.17, 15) is 4.79 Å². The van der Waals surface area contributed by atoms with Crippen LogP contribution in [0, 0.1) is 13.8 Å². The van der Waals surface area contributed by atoms with Gasteiger partial charge in [0.05, 0.1) is 17.1 Å². The largest absolute Gasteiger partial charge is 0.351 e. The average Bonchev–Trinajstić information content (AvgIpc) is 3.53. The molecule has 0 atom stereocenters. The third-order valence-electron chi connectivity index (χ3n) is 6.35. The minimum atomic E-state index is -0.0734. The Hall–Kier alpha value is -3.67. The lowest BCUT2D eigenvalue weighted by molar-refractivity contribution is 0.0947. The zero-order chi connectivity index (χ0) is 22.8. The molecule has 0 unspecified atom stereocenters. The van der Waals surface area contributed by atoms with Crippen molar-refractivity contribution in [3.05, 3.63) is 94.6 Å². The summed E-state index contributed by atoms with van der Waals surface area (Å²) >= 11 is 0. The number of nitrogens with zero attached hydrogens (tertiary/aromatic N) is 4. The normalized spacial score (nSPS) is 12.7. The highest BCUT2D eigenvalue weighted by molar-refractivity contribution is 5.94. The Labute approximate surface area is 194 Å². The summed E-state index contributed by atoms with van der Waals surface area (Å²) in [5, 5.41) is 12.4. The Balaban J connectivity index is 1.22. The molecule has 0 bridgehead atoms. The second-order valence-electron chi connectivity index (χ2n) is 8.75. The van der Waals surface area contributed by atoms with Crippen molar-refractivity contribution in [2.24, 2.45) is 0 Å². The fourth-order valence-corrected chi connectivity index (χ4v) is 4.54. The van der Waals surface area contributed by atoms with Crippen molar-refractivity contribution < 1.29 is 4.79 Å². The first-order valence-corrected chi connectivity index (χ1v) is 11.7. The molecule has 1 amide bonds. The van der Waals surface area contributed by atoms with E-state index in [4.69, 9.17) is 5.10 Å². The standard InChI is InChI=1S/C27H29N5O/c1-19-13-15-23(16-14-19)32-25-12-6-11-24(25)26(30-32)27(33)28-17-7-8-21-18-31(29-20(21)2)22-9-4-3-5-10-22/h3-5,9-10,13-16,18H,6-8,11-12,17H2,1-2H3,(H,28,33). The molecule has 0 spiro atoms. The predicted molar refractivity (Wildman–Crippen MR) is 129 cm³/mol. The summed E-state index contributed by atoms with van der Waals surface area (Å²) in [6.07, 6.45) is 6.77. The maximum Gasteiger partial charge on any atom is 0.272 e. The van der Waals surface area contributed by atoms with Gasteiger partial charge in [0.1, 0.15) is 0 Å². The second-order valence-corrected chi connectivity index (χ2v) is 8.75. The lowest BCUT2D eigenvalue weighted by Gasteiger charge is -2.06. The van der Waals surface area contributed by atoms with E-state index in [1.807, 2.05) is 46.6 Å². The number of hydrogen-bond acceptors (Lipinski definition) is 3. The van der Waals surface area contributed by atoms with Crippen LogP contribution in [0.25, 0.3) is 11.4 Å². The van der Waals surface area contributed by atoms with Crippen LogP contribution in [0.4, 0.5) is 0 Å². The third kappa shape index (κ3) is 4.33. The van der Waals surface area contributed by atoms with Crippen LogP contribution in [0.3, 0.4) is 0 Å². The third-order valence-corrected chi connectivity index (χ3v) is 6.35. The van der Waals surface area contributed by atoms with E-state index in [2.05, 4.69) is 47.8 Å². The number of amides is 1. The minimum absolute atomic E-state index is 0.0734. The predicted octanol–water partition coefficient (Wildman–Crippen LogP) is 4.53. The summed E-state index contributed by atoms with van der Waals surface area (Å²) in [6, 6.07) is 18.4. The van der Waals surface area contributed by atoms with Crippen LogP contribution >= 0.6 is 0 Å². The lowest BCUT2D eigenvalue weighted by Crippen LogP contribution is -2.26. The smallest absolute Gasteiger partial charge is 0.272 e. The fraction of sp³-hybridized carbons (Fsp3) is 0.296. The molecule has 0 radical (unpaired) electrons. The van der Waals surface area contributed by atoms with Crippen LogP contribution in [-0.2, 0) is 19.3 Å². The number of aryl methyl sites for hydroxylation is 3. The Kier molecular flexibility index (Phi) is 5.82. The van der Waals surface area contributed by atoms with Gasteiger partial charge in [-0.3, -0.25) is 4.79 Å². The van der Waals surface area contributed by atoms with Gasteiger partial charge in [-0.2, -0.15) is 10.2 Å². The van der Waals surface area contributed by atoms with Gasteiger partial charge in [-0.05, 0) is 75.8 Å². The van der Waals surface area contributed by atoms with Gasteiger partial charge in [0, 0.05) is 24.0 Å². The topological polar surface area (TPSA) is 64.7 Å². The number of aromatic nitrogens is 4. The number of carbonyl (C=O) groups is 1. The van der Waals surface area contributed by atoms with Crippen LogP contribution in [0.1, 0.15) is 51.4 Å². The van der Waals surface area contributed by atoms with Crippen LogP contribution in [0.2, 0.25) is 0 Å². The van der Waals surface area contributed by atoms with E-state index in [-0.39, 0.29) is 5.91 Å². The molecule has 5 rings (SSSR count). The van der Waals surface area contributed by atoms with Crippen LogP contribution in [-0.4, -0.2) is 32.0 Å². The van der Waals surface area contributed by atoms with Crippen molar-refractivity contribution >= 4 is 5.91 Å². The van der Waals surface area contributed by atoms with Crippen LogP contribution in [0.15, 0.2) is 60.8 Å². The van der Waals surface area contributed by atoms with Crippen molar-refractivity contribution in [1.29, 1.82) is 0 Å². The van der Waals surface area contributed by atoms with Gasteiger partial charge in [-0.25, -0.2) is 9.36 Å². The maximum atomic E-state index is 13.0. The molecule has 2 aromatic heterocycles. The first-order chi connectivity index (χ1) is 16.1. The van der Waals surface area contributed by atoms with E-state index in [1.165, 1.54) is 16.8 Å². The Morgan fingerprint density at radius 3 is 2.55 bits per heavy atom. The molecule has 0 saturated heterocycles. The highest BCUT2D eigenvalue weighted by Gasteiger charge is 2.26. The van der Waals surface area contributed by atoms with Crippen molar-refractivity contribution in [1.82, 2.24) is 24.9 Å². The quantitative estimate of drug-likeness (QED) is 0.431. The molecule has 1 aliphatic rings. The van der Waals surface area contributed by atoms with Gasteiger partial charge < -0.3 is 5.32 Å². The fourth-order valence-electron chi connectivity index (χ4n) is 4.54. The summed E-state index contributed by atoms with van der Waals surface area (Å²) in [5.41, 5.74) is 8.38. The van der Waals surface area contributed by atoms with Crippen LogP contribution < -0.4 is 5.32 Å². The molecule has 0 saturated carbocycles. The summed E-state index contributed by atoms with van der Waals surface area (Å²) in [4.78, 5) is 13.0. The highest BCUT2D eigenvalue weighted by Crippen LogP contribution is 2.28. The molecule has 4 aromatic rings.